The predicted molar refractivity (Wildman–Crippen MR) is 140 cm³/mol. The molecule has 0 radical (unpaired) electrons. The molecular formula is C29H23ClN2O3. The molecule has 0 unspecified atom stereocenters. The second-order valence-corrected chi connectivity index (χ2v) is 8.30. The van der Waals surface area contributed by atoms with Crippen molar-refractivity contribution in [1.82, 2.24) is 0 Å². The minimum Gasteiger partial charge on any atom is -0.493 e. The first-order valence-electron chi connectivity index (χ1n) is 11.0. The number of methoxy groups -OCH3 is 1. The van der Waals surface area contributed by atoms with Gasteiger partial charge in [-0.2, -0.15) is 5.26 Å². The van der Waals surface area contributed by atoms with Gasteiger partial charge < -0.3 is 14.8 Å². The van der Waals surface area contributed by atoms with Crippen molar-refractivity contribution in [2.45, 2.75) is 13.5 Å². The first kappa shape index (κ1) is 23.9. The number of amides is 1. The molecular weight excluding hydrogens is 460 g/mol. The highest BCUT2D eigenvalue weighted by atomic mass is 35.5. The second kappa shape index (κ2) is 10.8. The molecule has 0 spiro atoms. The number of rotatable bonds is 7. The number of halogens is 1. The zero-order valence-electron chi connectivity index (χ0n) is 19.3. The normalized spacial score (nSPS) is 11.1. The van der Waals surface area contributed by atoms with E-state index in [-0.39, 0.29) is 5.57 Å². The summed E-state index contributed by atoms with van der Waals surface area (Å²) in [5, 5.41) is 15.0. The number of nitrogens with zero attached hydrogens (tertiary/aromatic N) is 1. The van der Waals surface area contributed by atoms with Crippen molar-refractivity contribution in [2.75, 3.05) is 12.4 Å². The van der Waals surface area contributed by atoms with Gasteiger partial charge in [0.2, 0.25) is 0 Å². The number of hydrogen-bond acceptors (Lipinski definition) is 4. The van der Waals surface area contributed by atoms with E-state index in [1.54, 1.807) is 37.4 Å². The van der Waals surface area contributed by atoms with Crippen LogP contribution in [0.2, 0.25) is 5.02 Å². The Morgan fingerprint density at radius 2 is 1.80 bits per heavy atom. The quantitative estimate of drug-likeness (QED) is 0.229. The van der Waals surface area contributed by atoms with Crippen molar-refractivity contribution in [2.24, 2.45) is 0 Å². The third-order valence-corrected chi connectivity index (χ3v) is 5.90. The SMILES string of the molecule is COc1ccc(/C=C(\C#N)C(=O)Nc2c(C)cccc2Cl)cc1OCc1cccc2ccccc12. The lowest BCUT2D eigenvalue weighted by Gasteiger charge is -2.13. The number of nitriles is 1. The smallest absolute Gasteiger partial charge is 0.266 e. The highest BCUT2D eigenvalue weighted by Gasteiger charge is 2.14. The highest BCUT2D eigenvalue weighted by Crippen LogP contribution is 2.31. The number of hydrogen-bond donors (Lipinski definition) is 1. The number of carbonyl (C=O) groups excluding carboxylic acids is 1. The van der Waals surface area contributed by atoms with Crippen molar-refractivity contribution in [1.29, 1.82) is 5.26 Å². The summed E-state index contributed by atoms with van der Waals surface area (Å²) < 4.78 is 11.6. The number of ether oxygens (including phenoxy) is 2. The molecule has 0 aliphatic heterocycles. The van der Waals surface area contributed by atoms with E-state index in [9.17, 15) is 10.1 Å². The maximum atomic E-state index is 12.8. The monoisotopic (exact) mass is 482 g/mol. The molecule has 0 saturated carbocycles. The van der Waals surface area contributed by atoms with Crippen LogP contribution in [0.1, 0.15) is 16.7 Å². The van der Waals surface area contributed by atoms with E-state index >= 15 is 0 Å². The molecule has 0 saturated heterocycles. The average molecular weight is 483 g/mol. The molecule has 5 nitrogen and oxygen atoms in total. The van der Waals surface area contributed by atoms with Crippen LogP contribution in [-0.4, -0.2) is 13.0 Å². The predicted octanol–water partition coefficient (Wildman–Crippen LogP) is 6.93. The van der Waals surface area contributed by atoms with E-state index in [1.165, 1.54) is 6.08 Å². The van der Waals surface area contributed by atoms with Crippen molar-refractivity contribution >= 4 is 40.0 Å². The summed E-state index contributed by atoms with van der Waals surface area (Å²) in [6, 6.07) is 26.7. The Morgan fingerprint density at radius 3 is 2.57 bits per heavy atom. The zero-order valence-corrected chi connectivity index (χ0v) is 20.1. The van der Waals surface area contributed by atoms with E-state index in [1.807, 2.05) is 43.3 Å². The Morgan fingerprint density at radius 1 is 1.03 bits per heavy atom. The third-order valence-electron chi connectivity index (χ3n) is 5.59. The van der Waals surface area contributed by atoms with Crippen LogP contribution in [0.15, 0.2) is 84.4 Å². The fraction of sp³-hybridized carbons (Fsp3) is 0.103. The topological polar surface area (TPSA) is 71.3 Å². The highest BCUT2D eigenvalue weighted by molar-refractivity contribution is 6.34. The Kier molecular flexibility index (Phi) is 7.35. The summed E-state index contributed by atoms with van der Waals surface area (Å²) in [7, 11) is 1.57. The molecule has 0 atom stereocenters. The summed E-state index contributed by atoms with van der Waals surface area (Å²) in [6.45, 7) is 2.17. The van der Waals surface area contributed by atoms with Gasteiger partial charge in [-0.1, -0.05) is 72.3 Å². The van der Waals surface area contributed by atoms with Gasteiger partial charge in [-0.05, 0) is 58.7 Å². The van der Waals surface area contributed by atoms with Crippen molar-refractivity contribution in [3.05, 3.63) is 106 Å². The average Bonchev–Trinajstić information content (AvgIpc) is 2.88. The molecule has 0 bridgehead atoms. The van der Waals surface area contributed by atoms with E-state index in [0.717, 1.165) is 21.9 Å². The van der Waals surface area contributed by atoms with Crippen LogP contribution in [0.5, 0.6) is 11.5 Å². The van der Waals surface area contributed by atoms with E-state index in [4.69, 9.17) is 21.1 Å². The molecule has 0 aliphatic rings. The molecule has 0 fully saturated rings. The first-order chi connectivity index (χ1) is 17.0. The molecule has 4 rings (SSSR count). The fourth-order valence-corrected chi connectivity index (χ4v) is 4.03. The Balaban J connectivity index is 1.58. The number of nitrogens with one attached hydrogen (secondary N) is 1. The summed E-state index contributed by atoms with van der Waals surface area (Å²) in [5.41, 5.74) is 2.89. The lowest BCUT2D eigenvalue weighted by molar-refractivity contribution is -0.112. The van der Waals surface area contributed by atoms with Crippen LogP contribution in [0.25, 0.3) is 16.8 Å². The molecule has 174 valence electrons. The van der Waals surface area contributed by atoms with E-state index in [0.29, 0.717) is 34.4 Å². The van der Waals surface area contributed by atoms with Crippen molar-refractivity contribution in [3.63, 3.8) is 0 Å². The molecule has 4 aromatic rings. The molecule has 4 aromatic carbocycles. The summed E-state index contributed by atoms with van der Waals surface area (Å²) in [6.07, 6.45) is 1.51. The lowest BCUT2D eigenvalue weighted by atomic mass is 10.1. The van der Waals surface area contributed by atoms with Gasteiger partial charge in [-0.15, -0.1) is 0 Å². The van der Waals surface area contributed by atoms with Gasteiger partial charge in [0.05, 0.1) is 17.8 Å². The third kappa shape index (κ3) is 5.46. The van der Waals surface area contributed by atoms with Crippen LogP contribution < -0.4 is 14.8 Å². The number of fused-ring (bicyclic) bond motifs is 1. The molecule has 0 aromatic heterocycles. The van der Waals surface area contributed by atoms with Gasteiger partial charge in [-0.25, -0.2) is 0 Å². The van der Waals surface area contributed by atoms with Crippen LogP contribution in [0, 0.1) is 18.3 Å². The van der Waals surface area contributed by atoms with Gasteiger partial charge in [-0.3, -0.25) is 4.79 Å². The molecule has 0 heterocycles. The molecule has 1 N–H and O–H groups in total. The molecule has 35 heavy (non-hydrogen) atoms. The maximum Gasteiger partial charge on any atom is 0.266 e. The van der Waals surface area contributed by atoms with Gasteiger partial charge in [0, 0.05) is 0 Å². The Bertz CT molecular complexity index is 1450. The standard InChI is InChI=1S/C29H23ClN2O3/c1-19-7-5-12-25(30)28(19)32-29(33)23(17-31)15-20-13-14-26(34-2)27(16-20)35-18-22-10-6-9-21-8-3-4-11-24(21)22/h3-16H,18H2,1-2H3,(H,32,33)/b23-15+. The van der Waals surface area contributed by atoms with Crippen LogP contribution >= 0.6 is 11.6 Å². The fourth-order valence-electron chi connectivity index (χ4n) is 3.76. The van der Waals surface area contributed by atoms with Crippen molar-refractivity contribution < 1.29 is 14.3 Å². The van der Waals surface area contributed by atoms with Gasteiger partial charge in [0.1, 0.15) is 18.2 Å². The molecule has 1 amide bonds. The number of aryl methyl sites for hydroxylation is 1. The van der Waals surface area contributed by atoms with Gasteiger partial charge in [0.15, 0.2) is 11.5 Å². The summed E-state index contributed by atoms with van der Waals surface area (Å²) >= 11 is 6.21. The van der Waals surface area contributed by atoms with Gasteiger partial charge in [0.25, 0.3) is 5.91 Å². The first-order valence-corrected chi connectivity index (χ1v) is 11.3. The lowest BCUT2D eigenvalue weighted by Crippen LogP contribution is -2.14. The Labute approximate surface area is 209 Å². The number of anilines is 1. The van der Waals surface area contributed by atoms with E-state index in [2.05, 4.69) is 23.5 Å². The molecule has 0 aliphatic carbocycles. The number of benzene rings is 4. The van der Waals surface area contributed by atoms with Crippen LogP contribution in [0.4, 0.5) is 5.69 Å². The minimum atomic E-state index is -0.544. The molecule has 6 heteroatoms. The summed E-state index contributed by atoms with van der Waals surface area (Å²) in [4.78, 5) is 12.8. The van der Waals surface area contributed by atoms with Gasteiger partial charge >= 0.3 is 0 Å². The zero-order chi connectivity index (χ0) is 24.8. The van der Waals surface area contributed by atoms with Crippen LogP contribution in [-0.2, 0) is 11.4 Å². The maximum absolute atomic E-state index is 12.8. The van der Waals surface area contributed by atoms with Crippen LogP contribution in [0.3, 0.4) is 0 Å². The number of carbonyl (C=O) groups is 1. The number of para-hydroxylation sites is 1. The summed E-state index contributed by atoms with van der Waals surface area (Å²) in [5.74, 6) is 0.517. The van der Waals surface area contributed by atoms with E-state index < -0.39 is 5.91 Å². The Hall–Kier alpha value is -4.27. The largest absolute Gasteiger partial charge is 0.493 e. The second-order valence-electron chi connectivity index (χ2n) is 7.89. The minimum absolute atomic E-state index is 0.0607. The van der Waals surface area contributed by atoms with Crippen molar-refractivity contribution in [3.8, 4) is 17.6 Å².